The minimum absolute atomic E-state index is 0.0517. The largest absolute Gasteiger partial charge is 0.295 e. The molecule has 1 fully saturated rings. The molecule has 2 heterocycles. The van der Waals surface area contributed by atoms with Gasteiger partial charge in [0.25, 0.3) is 0 Å². The molecular weight excluding hydrogens is 364 g/mol. The van der Waals surface area contributed by atoms with Crippen LogP contribution < -0.4 is 4.72 Å². The first-order valence-electron chi connectivity index (χ1n) is 8.01. The van der Waals surface area contributed by atoms with Gasteiger partial charge in [-0.3, -0.25) is 4.90 Å². The van der Waals surface area contributed by atoms with Crippen LogP contribution in [0.15, 0.2) is 41.1 Å². The summed E-state index contributed by atoms with van der Waals surface area (Å²) in [6.45, 7) is 2.45. The van der Waals surface area contributed by atoms with Gasteiger partial charge in [-0.2, -0.15) is 11.3 Å². The molecule has 1 saturated heterocycles. The SMILES string of the molecule is O=S(=O)(Cc1cccc(Cl)c1)NC[C@H](c1ccsc1)N1CCCC1. The molecule has 0 amide bonds. The number of nitrogens with one attached hydrogen (secondary N) is 1. The molecule has 0 unspecified atom stereocenters. The lowest BCUT2D eigenvalue weighted by atomic mass is 10.1. The zero-order chi connectivity index (χ0) is 17.0. The van der Waals surface area contributed by atoms with Gasteiger partial charge in [-0.05, 0) is 66.0 Å². The predicted molar refractivity (Wildman–Crippen MR) is 99.9 cm³/mol. The van der Waals surface area contributed by atoms with Crippen LogP contribution in [0.2, 0.25) is 5.02 Å². The van der Waals surface area contributed by atoms with Crippen LogP contribution in [0.1, 0.15) is 30.0 Å². The summed E-state index contributed by atoms with van der Waals surface area (Å²) >= 11 is 7.58. The maximum absolute atomic E-state index is 12.4. The summed E-state index contributed by atoms with van der Waals surface area (Å²) in [7, 11) is -3.40. The standard InChI is InChI=1S/C17H21ClN2O2S2/c18-16-5-3-4-14(10-16)13-24(21,22)19-11-17(15-6-9-23-12-15)20-7-1-2-8-20/h3-6,9-10,12,17,19H,1-2,7-8,11,13H2/t17-/m1/s1. The molecule has 1 aliphatic rings. The van der Waals surface area contributed by atoms with E-state index in [1.165, 1.54) is 18.4 Å². The smallest absolute Gasteiger partial charge is 0.215 e. The highest BCUT2D eigenvalue weighted by atomic mass is 35.5. The minimum atomic E-state index is -3.40. The first-order chi connectivity index (χ1) is 11.5. The summed E-state index contributed by atoms with van der Waals surface area (Å²) in [5, 5.41) is 4.70. The third-order valence-electron chi connectivity index (χ3n) is 4.25. The molecule has 4 nitrogen and oxygen atoms in total. The number of rotatable bonds is 7. The number of sulfonamides is 1. The Morgan fingerprint density at radius 3 is 2.71 bits per heavy atom. The Labute approximate surface area is 152 Å². The van der Waals surface area contributed by atoms with Crippen molar-refractivity contribution in [2.45, 2.75) is 24.6 Å². The average Bonchev–Trinajstić information content (AvgIpc) is 3.20. The van der Waals surface area contributed by atoms with Crippen molar-refractivity contribution in [2.75, 3.05) is 19.6 Å². The summed E-state index contributed by atoms with van der Waals surface area (Å²) in [6, 6.07) is 9.17. The molecule has 0 bridgehead atoms. The topological polar surface area (TPSA) is 49.4 Å². The summed E-state index contributed by atoms with van der Waals surface area (Å²) in [6.07, 6.45) is 2.35. The van der Waals surface area contributed by atoms with Gasteiger partial charge < -0.3 is 0 Å². The van der Waals surface area contributed by atoms with E-state index in [2.05, 4.69) is 21.1 Å². The van der Waals surface area contributed by atoms with E-state index in [1.807, 2.05) is 5.38 Å². The van der Waals surface area contributed by atoms with Crippen LogP contribution in [0.25, 0.3) is 0 Å². The van der Waals surface area contributed by atoms with Gasteiger partial charge in [0.15, 0.2) is 0 Å². The lowest BCUT2D eigenvalue weighted by molar-refractivity contribution is 0.247. The van der Waals surface area contributed by atoms with E-state index in [0.717, 1.165) is 13.1 Å². The van der Waals surface area contributed by atoms with E-state index in [4.69, 9.17) is 11.6 Å². The van der Waals surface area contributed by atoms with Gasteiger partial charge in [0.2, 0.25) is 10.0 Å². The van der Waals surface area contributed by atoms with Gasteiger partial charge in [0.1, 0.15) is 0 Å². The fourth-order valence-corrected chi connectivity index (χ4v) is 5.13. The van der Waals surface area contributed by atoms with E-state index in [9.17, 15) is 8.42 Å². The normalized spacial score (nSPS) is 17.2. The molecule has 1 N–H and O–H groups in total. The highest BCUT2D eigenvalue weighted by Gasteiger charge is 2.25. The second-order valence-corrected chi connectivity index (χ2v) is 9.08. The van der Waals surface area contributed by atoms with Crippen LogP contribution in [0.3, 0.4) is 0 Å². The second-order valence-electron chi connectivity index (χ2n) is 6.05. The molecule has 0 aliphatic carbocycles. The fraction of sp³-hybridized carbons (Fsp3) is 0.412. The Morgan fingerprint density at radius 1 is 1.25 bits per heavy atom. The second kappa shape index (κ2) is 7.97. The van der Waals surface area contributed by atoms with Crippen LogP contribution >= 0.6 is 22.9 Å². The Balaban J connectivity index is 1.67. The number of thiophene rings is 1. The molecular formula is C17H21ClN2O2S2. The number of hydrogen-bond acceptors (Lipinski definition) is 4. The van der Waals surface area contributed by atoms with Crippen LogP contribution in [-0.2, 0) is 15.8 Å². The lowest BCUT2D eigenvalue weighted by Gasteiger charge is -2.27. The van der Waals surface area contributed by atoms with Gasteiger partial charge in [-0.25, -0.2) is 13.1 Å². The van der Waals surface area contributed by atoms with Crippen molar-refractivity contribution in [3.63, 3.8) is 0 Å². The fourth-order valence-electron chi connectivity index (χ4n) is 3.08. The van der Waals surface area contributed by atoms with Gasteiger partial charge in [0.05, 0.1) is 5.75 Å². The quantitative estimate of drug-likeness (QED) is 0.792. The molecule has 1 atom stereocenters. The Kier molecular flexibility index (Phi) is 5.94. The lowest BCUT2D eigenvalue weighted by Crippen LogP contribution is -2.37. The van der Waals surface area contributed by atoms with Crippen LogP contribution in [0.4, 0.5) is 0 Å². The van der Waals surface area contributed by atoms with Crippen molar-refractivity contribution in [3.8, 4) is 0 Å². The zero-order valence-corrected chi connectivity index (χ0v) is 15.7. The molecule has 130 valence electrons. The molecule has 3 rings (SSSR count). The van der Waals surface area contributed by atoms with Crippen molar-refractivity contribution in [2.24, 2.45) is 0 Å². The van der Waals surface area contributed by atoms with Crippen molar-refractivity contribution in [1.29, 1.82) is 0 Å². The van der Waals surface area contributed by atoms with Crippen molar-refractivity contribution in [1.82, 2.24) is 9.62 Å². The van der Waals surface area contributed by atoms with E-state index >= 15 is 0 Å². The molecule has 24 heavy (non-hydrogen) atoms. The third kappa shape index (κ3) is 4.80. The van der Waals surface area contributed by atoms with Gasteiger partial charge >= 0.3 is 0 Å². The molecule has 1 aromatic carbocycles. The summed E-state index contributed by atoms with van der Waals surface area (Å²) < 4.78 is 27.6. The van der Waals surface area contributed by atoms with Gasteiger partial charge in [0, 0.05) is 17.6 Å². The maximum Gasteiger partial charge on any atom is 0.215 e. The van der Waals surface area contributed by atoms with E-state index in [0.29, 0.717) is 17.1 Å². The van der Waals surface area contributed by atoms with Crippen molar-refractivity contribution >= 4 is 33.0 Å². The number of likely N-dealkylation sites (tertiary alicyclic amines) is 1. The molecule has 0 saturated carbocycles. The van der Waals surface area contributed by atoms with Gasteiger partial charge in [-0.1, -0.05) is 23.7 Å². The highest BCUT2D eigenvalue weighted by molar-refractivity contribution is 7.88. The number of benzene rings is 1. The maximum atomic E-state index is 12.4. The molecule has 1 aliphatic heterocycles. The zero-order valence-electron chi connectivity index (χ0n) is 13.3. The van der Waals surface area contributed by atoms with Crippen molar-refractivity contribution < 1.29 is 8.42 Å². The van der Waals surface area contributed by atoms with Crippen LogP contribution in [-0.4, -0.2) is 33.0 Å². The Bertz CT molecular complexity index is 757. The summed E-state index contributed by atoms with van der Waals surface area (Å²) in [5.74, 6) is -0.0517. The molecule has 0 radical (unpaired) electrons. The monoisotopic (exact) mass is 384 g/mol. The van der Waals surface area contributed by atoms with Crippen LogP contribution in [0.5, 0.6) is 0 Å². The van der Waals surface area contributed by atoms with Crippen LogP contribution in [0, 0.1) is 0 Å². The molecule has 1 aromatic heterocycles. The first-order valence-corrected chi connectivity index (χ1v) is 11.0. The van der Waals surface area contributed by atoms with Gasteiger partial charge in [-0.15, -0.1) is 0 Å². The molecule has 2 aromatic rings. The number of nitrogens with zero attached hydrogens (tertiary/aromatic N) is 1. The van der Waals surface area contributed by atoms with E-state index < -0.39 is 10.0 Å². The molecule has 0 spiro atoms. The van der Waals surface area contributed by atoms with E-state index in [-0.39, 0.29) is 11.8 Å². The number of hydrogen-bond donors (Lipinski definition) is 1. The Hall–Kier alpha value is -0.920. The number of halogens is 1. The molecule has 7 heteroatoms. The predicted octanol–water partition coefficient (Wildman–Crippen LogP) is 3.66. The van der Waals surface area contributed by atoms with E-state index in [1.54, 1.807) is 35.6 Å². The Morgan fingerprint density at radius 2 is 2.04 bits per heavy atom. The minimum Gasteiger partial charge on any atom is -0.295 e. The van der Waals surface area contributed by atoms with Crippen molar-refractivity contribution in [3.05, 3.63) is 57.2 Å². The third-order valence-corrected chi connectivity index (χ3v) is 6.51. The average molecular weight is 385 g/mol. The summed E-state index contributed by atoms with van der Waals surface area (Å²) in [4.78, 5) is 2.37. The summed E-state index contributed by atoms with van der Waals surface area (Å²) in [5.41, 5.74) is 1.88. The first kappa shape index (κ1) is 17.9. The highest BCUT2D eigenvalue weighted by Crippen LogP contribution is 2.26.